The highest BCUT2D eigenvalue weighted by molar-refractivity contribution is 9.09. The number of amides is 1. The highest BCUT2D eigenvalue weighted by atomic mass is 79.9. The third-order valence-corrected chi connectivity index (χ3v) is 4.24. The van der Waals surface area contributed by atoms with Crippen molar-refractivity contribution in [3.05, 3.63) is 10.6 Å². The Bertz CT molecular complexity index is 378. The molecule has 0 fully saturated rings. The van der Waals surface area contributed by atoms with Crippen molar-refractivity contribution in [3.8, 4) is 0 Å². The molecule has 1 atom stereocenters. The van der Waals surface area contributed by atoms with Gasteiger partial charge in [0.05, 0.1) is 5.69 Å². The van der Waals surface area contributed by atoms with Crippen LogP contribution < -0.4 is 5.32 Å². The largest absolute Gasteiger partial charge is 0.351 e. The molecule has 1 rings (SSSR count). The van der Waals surface area contributed by atoms with E-state index in [4.69, 9.17) is 0 Å². The molecule has 0 saturated heterocycles. The van der Waals surface area contributed by atoms with Gasteiger partial charge in [0, 0.05) is 11.9 Å². The number of aromatic nitrogens is 2. The van der Waals surface area contributed by atoms with E-state index in [0.717, 1.165) is 49.7 Å². The second-order valence-electron chi connectivity index (χ2n) is 4.64. The van der Waals surface area contributed by atoms with E-state index in [1.807, 2.05) is 0 Å². The Morgan fingerprint density at radius 3 is 2.79 bits per heavy atom. The molecule has 0 bridgehead atoms. The zero-order chi connectivity index (χ0) is 14.1. The molecule has 0 aromatic carbocycles. The fourth-order valence-electron chi connectivity index (χ4n) is 2.01. The molecule has 1 aromatic rings. The van der Waals surface area contributed by atoms with E-state index in [-0.39, 0.29) is 5.91 Å². The van der Waals surface area contributed by atoms with Crippen LogP contribution in [0.3, 0.4) is 0 Å². The SMILES string of the molecule is CCCc1nnsc1C(=O)NCC(CCC)CCBr. The molecule has 1 N–H and O–H groups in total. The Labute approximate surface area is 127 Å². The Morgan fingerprint density at radius 2 is 2.16 bits per heavy atom. The number of aryl methyl sites for hydroxylation is 1. The van der Waals surface area contributed by atoms with Gasteiger partial charge in [-0.25, -0.2) is 0 Å². The zero-order valence-corrected chi connectivity index (χ0v) is 14.0. The van der Waals surface area contributed by atoms with Gasteiger partial charge in [-0.05, 0) is 36.7 Å². The summed E-state index contributed by atoms with van der Waals surface area (Å²) in [7, 11) is 0. The molecular weight excluding hydrogens is 326 g/mol. The summed E-state index contributed by atoms with van der Waals surface area (Å²) in [6.07, 6.45) is 5.19. The van der Waals surface area contributed by atoms with Crippen LogP contribution in [0.2, 0.25) is 0 Å². The van der Waals surface area contributed by atoms with Crippen molar-refractivity contribution < 1.29 is 4.79 Å². The third kappa shape index (κ3) is 5.57. The van der Waals surface area contributed by atoms with E-state index in [9.17, 15) is 4.79 Å². The number of rotatable bonds is 9. The van der Waals surface area contributed by atoms with Gasteiger partial charge >= 0.3 is 0 Å². The number of carbonyl (C=O) groups is 1. The Hall–Kier alpha value is -0.490. The van der Waals surface area contributed by atoms with Crippen molar-refractivity contribution in [2.24, 2.45) is 5.92 Å². The number of nitrogens with zero attached hydrogens (tertiary/aromatic N) is 2. The van der Waals surface area contributed by atoms with E-state index in [1.165, 1.54) is 11.5 Å². The summed E-state index contributed by atoms with van der Waals surface area (Å²) in [5.41, 5.74) is 0.831. The van der Waals surface area contributed by atoms with E-state index in [0.29, 0.717) is 10.8 Å². The molecule has 1 aromatic heterocycles. The fourth-order valence-corrected chi connectivity index (χ4v) is 3.28. The van der Waals surface area contributed by atoms with Gasteiger partial charge in [-0.15, -0.1) is 5.10 Å². The molecule has 19 heavy (non-hydrogen) atoms. The van der Waals surface area contributed by atoms with Gasteiger partial charge < -0.3 is 5.32 Å². The van der Waals surface area contributed by atoms with Crippen molar-refractivity contribution in [3.63, 3.8) is 0 Å². The van der Waals surface area contributed by atoms with Crippen molar-refractivity contribution >= 4 is 33.4 Å². The number of carbonyl (C=O) groups excluding carboxylic acids is 1. The molecule has 0 aliphatic carbocycles. The first-order chi connectivity index (χ1) is 9.22. The average Bonchev–Trinajstić information content (AvgIpc) is 2.85. The van der Waals surface area contributed by atoms with Crippen molar-refractivity contribution in [1.29, 1.82) is 0 Å². The molecule has 0 aliphatic rings. The number of nitrogens with one attached hydrogen (secondary N) is 1. The first-order valence-corrected chi connectivity index (χ1v) is 8.77. The van der Waals surface area contributed by atoms with Crippen LogP contribution in [0, 0.1) is 5.92 Å². The fraction of sp³-hybridized carbons (Fsp3) is 0.769. The highest BCUT2D eigenvalue weighted by Crippen LogP contribution is 2.14. The lowest BCUT2D eigenvalue weighted by atomic mass is 10.0. The smallest absolute Gasteiger partial charge is 0.264 e. The second-order valence-corrected chi connectivity index (χ2v) is 6.19. The first-order valence-electron chi connectivity index (χ1n) is 6.88. The Kier molecular flexibility index (Phi) is 8.21. The van der Waals surface area contributed by atoms with Gasteiger partial charge in [0.25, 0.3) is 5.91 Å². The third-order valence-electron chi connectivity index (χ3n) is 3.01. The van der Waals surface area contributed by atoms with Gasteiger partial charge in [-0.2, -0.15) is 0 Å². The van der Waals surface area contributed by atoms with Crippen molar-refractivity contribution in [2.45, 2.75) is 46.0 Å². The monoisotopic (exact) mass is 347 g/mol. The first kappa shape index (κ1) is 16.6. The average molecular weight is 348 g/mol. The summed E-state index contributed by atoms with van der Waals surface area (Å²) in [6, 6.07) is 0. The lowest BCUT2D eigenvalue weighted by Crippen LogP contribution is -2.29. The minimum absolute atomic E-state index is 0.0193. The maximum Gasteiger partial charge on any atom is 0.264 e. The van der Waals surface area contributed by atoms with Gasteiger partial charge in [0.1, 0.15) is 4.88 Å². The number of hydrogen-bond donors (Lipinski definition) is 1. The highest BCUT2D eigenvalue weighted by Gasteiger charge is 2.16. The normalized spacial score (nSPS) is 12.4. The summed E-state index contributed by atoms with van der Waals surface area (Å²) in [4.78, 5) is 12.8. The summed E-state index contributed by atoms with van der Waals surface area (Å²) in [6.45, 7) is 4.99. The van der Waals surface area contributed by atoms with Crippen LogP contribution in [0.4, 0.5) is 0 Å². The van der Waals surface area contributed by atoms with E-state index < -0.39 is 0 Å². The minimum atomic E-state index is -0.0193. The maximum absolute atomic E-state index is 12.1. The van der Waals surface area contributed by atoms with Gasteiger partial charge in [-0.1, -0.05) is 47.1 Å². The maximum atomic E-state index is 12.1. The van der Waals surface area contributed by atoms with Crippen LogP contribution in [-0.2, 0) is 6.42 Å². The molecule has 6 heteroatoms. The van der Waals surface area contributed by atoms with Crippen molar-refractivity contribution in [2.75, 3.05) is 11.9 Å². The Balaban J connectivity index is 2.51. The zero-order valence-electron chi connectivity index (χ0n) is 11.6. The minimum Gasteiger partial charge on any atom is -0.351 e. The number of alkyl halides is 1. The van der Waals surface area contributed by atoms with E-state index >= 15 is 0 Å². The van der Waals surface area contributed by atoms with Gasteiger partial charge in [0.2, 0.25) is 0 Å². The van der Waals surface area contributed by atoms with Crippen LogP contribution in [0.25, 0.3) is 0 Å². The van der Waals surface area contributed by atoms with Gasteiger partial charge in [-0.3, -0.25) is 4.79 Å². The standard InChI is InChI=1S/C13H22BrN3OS/c1-3-5-10(7-8-14)9-15-13(18)12-11(6-4-2)16-17-19-12/h10H,3-9H2,1-2H3,(H,15,18). The quantitative estimate of drug-likeness (QED) is 0.696. The number of hydrogen-bond acceptors (Lipinski definition) is 4. The summed E-state index contributed by atoms with van der Waals surface area (Å²) >= 11 is 4.66. The molecule has 0 radical (unpaired) electrons. The lowest BCUT2D eigenvalue weighted by molar-refractivity contribution is 0.0949. The van der Waals surface area contributed by atoms with Crippen LogP contribution in [-0.4, -0.2) is 27.4 Å². The Morgan fingerprint density at radius 1 is 1.37 bits per heavy atom. The molecule has 0 spiro atoms. The summed E-state index contributed by atoms with van der Waals surface area (Å²) in [5.74, 6) is 0.526. The molecule has 1 amide bonds. The summed E-state index contributed by atoms with van der Waals surface area (Å²) in [5, 5.41) is 8.03. The topological polar surface area (TPSA) is 54.9 Å². The summed E-state index contributed by atoms with van der Waals surface area (Å²) < 4.78 is 3.88. The molecular formula is C13H22BrN3OS. The molecule has 1 heterocycles. The molecule has 0 saturated carbocycles. The predicted molar refractivity (Wildman–Crippen MR) is 83.0 cm³/mol. The van der Waals surface area contributed by atoms with Crippen LogP contribution in [0.15, 0.2) is 0 Å². The van der Waals surface area contributed by atoms with Crippen LogP contribution in [0.1, 0.15) is 54.9 Å². The molecule has 0 aliphatic heterocycles. The number of halogens is 1. The van der Waals surface area contributed by atoms with Gasteiger partial charge in [0.15, 0.2) is 0 Å². The van der Waals surface area contributed by atoms with Crippen LogP contribution >= 0.6 is 27.5 Å². The molecule has 4 nitrogen and oxygen atoms in total. The molecule has 1 unspecified atom stereocenters. The van der Waals surface area contributed by atoms with Crippen LogP contribution in [0.5, 0.6) is 0 Å². The van der Waals surface area contributed by atoms with E-state index in [2.05, 4.69) is 44.7 Å². The molecule has 108 valence electrons. The predicted octanol–water partition coefficient (Wildman–Crippen LogP) is 3.42. The van der Waals surface area contributed by atoms with Crippen molar-refractivity contribution in [1.82, 2.24) is 14.9 Å². The second kappa shape index (κ2) is 9.42. The lowest BCUT2D eigenvalue weighted by Gasteiger charge is -2.15. The van der Waals surface area contributed by atoms with E-state index in [1.54, 1.807) is 0 Å².